The van der Waals surface area contributed by atoms with Gasteiger partial charge >= 0.3 is 6.61 Å². The fourth-order valence-electron chi connectivity index (χ4n) is 1.68. The molecule has 0 unspecified atom stereocenters. The average Bonchev–Trinajstić information content (AvgIpc) is 2.18. The van der Waals surface area contributed by atoms with Crippen LogP contribution in [0.1, 0.15) is 12.0 Å². The first-order valence-electron chi connectivity index (χ1n) is 4.58. The topological polar surface area (TPSA) is 21.3 Å². The summed E-state index contributed by atoms with van der Waals surface area (Å²) >= 11 is 0. The van der Waals surface area contributed by atoms with Crippen molar-refractivity contribution in [1.29, 1.82) is 0 Å². The van der Waals surface area contributed by atoms with Gasteiger partial charge in [0.2, 0.25) is 0 Å². The molecule has 0 radical (unpaired) electrons. The standard InChI is InChI=1S/C10H11F2NO/c11-10(12)14-9-5-1-4-8-7(9)3-2-6-13-8/h1,4-5,10,13H,2-3,6H2. The smallest absolute Gasteiger partial charge is 0.387 e. The molecule has 2 rings (SSSR count). The molecule has 0 bridgehead atoms. The van der Waals surface area contributed by atoms with Crippen LogP contribution in [0.15, 0.2) is 18.2 Å². The summed E-state index contributed by atoms with van der Waals surface area (Å²) < 4.78 is 28.5. The molecule has 0 fully saturated rings. The van der Waals surface area contributed by atoms with Crippen molar-refractivity contribution in [2.75, 3.05) is 11.9 Å². The van der Waals surface area contributed by atoms with Crippen molar-refractivity contribution in [3.8, 4) is 5.75 Å². The van der Waals surface area contributed by atoms with Crippen LogP contribution in [0.25, 0.3) is 0 Å². The van der Waals surface area contributed by atoms with Crippen molar-refractivity contribution in [2.24, 2.45) is 0 Å². The first-order valence-corrected chi connectivity index (χ1v) is 4.58. The van der Waals surface area contributed by atoms with E-state index in [2.05, 4.69) is 10.1 Å². The molecule has 4 heteroatoms. The number of anilines is 1. The van der Waals surface area contributed by atoms with Crippen LogP contribution in [0, 0.1) is 0 Å². The molecular weight excluding hydrogens is 188 g/mol. The van der Waals surface area contributed by atoms with E-state index in [0.717, 1.165) is 30.6 Å². The molecule has 1 N–H and O–H groups in total. The molecule has 0 saturated heterocycles. The van der Waals surface area contributed by atoms with E-state index in [1.165, 1.54) is 0 Å². The summed E-state index contributed by atoms with van der Waals surface area (Å²) in [6.45, 7) is -1.85. The van der Waals surface area contributed by atoms with Gasteiger partial charge in [-0.05, 0) is 25.0 Å². The molecule has 0 spiro atoms. The van der Waals surface area contributed by atoms with Crippen molar-refractivity contribution in [3.63, 3.8) is 0 Å². The second kappa shape index (κ2) is 3.82. The molecule has 1 aliphatic heterocycles. The zero-order valence-corrected chi connectivity index (χ0v) is 7.59. The lowest BCUT2D eigenvalue weighted by molar-refractivity contribution is -0.0504. The van der Waals surface area contributed by atoms with E-state index in [1.807, 2.05) is 6.07 Å². The predicted molar refractivity (Wildman–Crippen MR) is 49.9 cm³/mol. The molecule has 76 valence electrons. The van der Waals surface area contributed by atoms with Gasteiger partial charge in [0.05, 0.1) is 0 Å². The van der Waals surface area contributed by atoms with E-state index < -0.39 is 6.61 Å². The first-order chi connectivity index (χ1) is 6.77. The van der Waals surface area contributed by atoms with Gasteiger partial charge in [-0.1, -0.05) is 6.07 Å². The maximum absolute atomic E-state index is 12.0. The van der Waals surface area contributed by atoms with Gasteiger partial charge < -0.3 is 10.1 Å². The number of nitrogens with one attached hydrogen (secondary N) is 1. The second-order valence-electron chi connectivity index (χ2n) is 3.19. The molecule has 0 atom stereocenters. The molecule has 1 aromatic rings. The minimum absolute atomic E-state index is 0.296. The van der Waals surface area contributed by atoms with E-state index in [9.17, 15) is 8.78 Å². The summed E-state index contributed by atoms with van der Waals surface area (Å²) in [5.41, 5.74) is 1.77. The SMILES string of the molecule is FC(F)Oc1cccc2c1CCCN2. The lowest BCUT2D eigenvalue weighted by Crippen LogP contribution is -2.14. The molecule has 1 heterocycles. The summed E-state index contributed by atoms with van der Waals surface area (Å²) in [6.07, 6.45) is 1.75. The Hall–Kier alpha value is -1.32. The molecule has 14 heavy (non-hydrogen) atoms. The Morgan fingerprint density at radius 1 is 1.36 bits per heavy atom. The number of hydrogen-bond donors (Lipinski definition) is 1. The van der Waals surface area contributed by atoms with Crippen LogP contribution in [-0.4, -0.2) is 13.2 Å². The molecule has 2 nitrogen and oxygen atoms in total. The van der Waals surface area contributed by atoms with Crippen LogP contribution >= 0.6 is 0 Å². The monoisotopic (exact) mass is 199 g/mol. The molecule has 0 aliphatic carbocycles. The number of rotatable bonds is 2. The third-order valence-electron chi connectivity index (χ3n) is 2.27. The maximum atomic E-state index is 12.0. The summed E-state index contributed by atoms with van der Waals surface area (Å²) in [5.74, 6) is 0.296. The van der Waals surface area contributed by atoms with Crippen molar-refractivity contribution in [1.82, 2.24) is 0 Å². The second-order valence-corrected chi connectivity index (χ2v) is 3.19. The van der Waals surface area contributed by atoms with Gasteiger partial charge in [0.15, 0.2) is 0 Å². The largest absolute Gasteiger partial charge is 0.434 e. The van der Waals surface area contributed by atoms with Gasteiger partial charge in [0.1, 0.15) is 5.75 Å². The van der Waals surface area contributed by atoms with Crippen molar-refractivity contribution >= 4 is 5.69 Å². The first kappa shape index (κ1) is 9.24. The van der Waals surface area contributed by atoms with Crippen LogP contribution < -0.4 is 10.1 Å². The Labute approximate surface area is 80.9 Å². The van der Waals surface area contributed by atoms with E-state index >= 15 is 0 Å². The highest BCUT2D eigenvalue weighted by Gasteiger charge is 2.15. The molecule has 0 amide bonds. The summed E-state index contributed by atoms with van der Waals surface area (Å²) in [6, 6.07) is 5.18. The quantitative estimate of drug-likeness (QED) is 0.790. The van der Waals surface area contributed by atoms with E-state index in [-0.39, 0.29) is 0 Å². The van der Waals surface area contributed by atoms with Gasteiger partial charge in [0.25, 0.3) is 0 Å². The van der Waals surface area contributed by atoms with Gasteiger partial charge in [-0.25, -0.2) is 0 Å². The number of fused-ring (bicyclic) bond motifs is 1. The maximum Gasteiger partial charge on any atom is 0.387 e. The zero-order valence-electron chi connectivity index (χ0n) is 7.59. The number of hydrogen-bond acceptors (Lipinski definition) is 2. The van der Waals surface area contributed by atoms with E-state index in [4.69, 9.17) is 0 Å². The third-order valence-corrected chi connectivity index (χ3v) is 2.27. The van der Waals surface area contributed by atoms with Crippen LogP contribution in [0.3, 0.4) is 0 Å². The Balaban J connectivity index is 2.30. The molecule has 1 aliphatic rings. The van der Waals surface area contributed by atoms with Crippen LogP contribution in [-0.2, 0) is 6.42 Å². The highest BCUT2D eigenvalue weighted by atomic mass is 19.3. The van der Waals surface area contributed by atoms with Gasteiger partial charge in [-0.3, -0.25) is 0 Å². The predicted octanol–water partition coefficient (Wildman–Crippen LogP) is 2.65. The van der Waals surface area contributed by atoms with Crippen molar-refractivity contribution < 1.29 is 13.5 Å². The average molecular weight is 199 g/mol. The fourth-order valence-corrected chi connectivity index (χ4v) is 1.68. The zero-order chi connectivity index (χ0) is 9.97. The molecule has 0 aromatic heterocycles. The lowest BCUT2D eigenvalue weighted by atomic mass is 10.0. The minimum atomic E-state index is -2.75. The van der Waals surface area contributed by atoms with Crippen LogP contribution in [0.4, 0.5) is 14.5 Å². The number of halogens is 2. The van der Waals surface area contributed by atoms with Crippen LogP contribution in [0.5, 0.6) is 5.75 Å². The fraction of sp³-hybridized carbons (Fsp3) is 0.400. The Bertz CT molecular complexity index is 328. The Kier molecular flexibility index (Phi) is 2.52. The highest BCUT2D eigenvalue weighted by molar-refractivity contribution is 5.59. The molecular formula is C10H11F2NO. The van der Waals surface area contributed by atoms with Gasteiger partial charge in [-0.15, -0.1) is 0 Å². The van der Waals surface area contributed by atoms with Crippen molar-refractivity contribution in [2.45, 2.75) is 19.5 Å². The summed E-state index contributed by atoms with van der Waals surface area (Å²) in [4.78, 5) is 0. The number of alkyl halides is 2. The van der Waals surface area contributed by atoms with Crippen LogP contribution in [0.2, 0.25) is 0 Å². The lowest BCUT2D eigenvalue weighted by Gasteiger charge is -2.20. The third kappa shape index (κ3) is 1.78. The molecule has 1 aromatic carbocycles. The summed E-state index contributed by atoms with van der Waals surface area (Å²) in [5, 5.41) is 3.15. The van der Waals surface area contributed by atoms with Gasteiger partial charge in [0, 0.05) is 17.8 Å². The number of ether oxygens (including phenoxy) is 1. The Morgan fingerprint density at radius 2 is 2.21 bits per heavy atom. The number of benzene rings is 1. The Morgan fingerprint density at radius 3 is 3.00 bits per heavy atom. The molecule has 0 saturated carbocycles. The van der Waals surface area contributed by atoms with E-state index in [1.54, 1.807) is 12.1 Å². The highest BCUT2D eigenvalue weighted by Crippen LogP contribution is 2.31. The van der Waals surface area contributed by atoms with Crippen molar-refractivity contribution in [3.05, 3.63) is 23.8 Å². The summed E-state index contributed by atoms with van der Waals surface area (Å²) in [7, 11) is 0. The van der Waals surface area contributed by atoms with Gasteiger partial charge in [-0.2, -0.15) is 8.78 Å². The normalized spacial score (nSPS) is 14.8. The minimum Gasteiger partial charge on any atom is -0.434 e. The van der Waals surface area contributed by atoms with E-state index in [0.29, 0.717) is 5.75 Å².